The van der Waals surface area contributed by atoms with E-state index < -0.39 is 11.9 Å². The Labute approximate surface area is 162 Å². The van der Waals surface area contributed by atoms with E-state index in [1.807, 2.05) is 48.7 Å². The van der Waals surface area contributed by atoms with Crippen molar-refractivity contribution in [1.29, 1.82) is 0 Å². The first-order valence-electron chi connectivity index (χ1n) is 9.22. The molecular formula is C22H21N3O3. The number of fused-ring (bicyclic) bond motifs is 1. The number of hydrogen-bond donors (Lipinski definition) is 2. The Morgan fingerprint density at radius 3 is 2.57 bits per heavy atom. The molecule has 3 aromatic rings. The molecule has 2 heterocycles. The fourth-order valence-electron chi connectivity index (χ4n) is 3.90. The third-order valence-electron chi connectivity index (χ3n) is 5.20. The maximum atomic E-state index is 13.7. The number of rotatable bonds is 4. The van der Waals surface area contributed by atoms with Gasteiger partial charge in [0, 0.05) is 17.9 Å². The van der Waals surface area contributed by atoms with Crippen LogP contribution in [-0.4, -0.2) is 26.4 Å². The molecule has 0 aliphatic carbocycles. The number of ketones is 1. The molecule has 2 N–H and O–H groups in total. The van der Waals surface area contributed by atoms with Gasteiger partial charge in [-0.1, -0.05) is 36.4 Å². The molecule has 0 amide bonds. The fraction of sp³-hybridized carbons (Fsp3) is 0.227. The average molecular weight is 375 g/mol. The van der Waals surface area contributed by atoms with Crippen molar-refractivity contribution in [3.05, 3.63) is 83.4 Å². The van der Waals surface area contributed by atoms with Gasteiger partial charge in [-0.15, -0.1) is 0 Å². The first-order valence-corrected chi connectivity index (χ1v) is 9.22. The molecule has 0 bridgehead atoms. The lowest BCUT2D eigenvalue weighted by Gasteiger charge is -2.35. The molecule has 2 aromatic carbocycles. The summed E-state index contributed by atoms with van der Waals surface area (Å²) < 4.78 is 1.97. The molecule has 1 aliphatic heterocycles. The Balaban J connectivity index is 1.93. The minimum Gasteiger partial charge on any atom is -0.478 e. The van der Waals surface area contributed by atoms with Crippen molar-refractivity contribution in [2.24, 2.45) is 0 Å². The maximum absolute atomic E-state index is 13.7. The number of Topliss-reactive ketones (excluding diaryl/α,β-unsaturated/α-hetero) is 1. The van der Waals surface area contributed by atoms with Crippen molar-refractivity contribution in [2.45, 2.75) is 31.8 Å². The van der Waals surface area contributed by atoms with E-state index in [1.54, 1.807) is 24.7 Å². The van der Waals surface area contributed by atoms with Gasteiger partial charge in [-0.05, 0) is 31.5 Å². The van der Waals surface area contributed by atoms with Crippen molar-refractivity contribution >= 4 is 17.4 Å². The highest BCUT2D eigenvalue weighted by Crippen LogP contribution is 2.43. The molecular weight excluding hydrogens is 354 g/mol. The molecule has 0 saturated carbocycles. The number of nitrogens with one attached hydrogen (secondary N) is 1. The fourth-order valence-corrected chi connectivity index (χ4v) is 3.90. The molecule has 0 saturated heterocycles. The highest BCUT2D eigenvalue weighted by molar-refractivity contribution is 6.14. The molecule has 1 aromatic heterocycles. The Kier molecular flexibility index (Phi) is 4.47. The maximum Gasteiger partial charge on any atom is 0.336 e. The third kappa shape index (κ3) is 2.87. The second-order valence-corrected chi connectivity index (χ2v) is 7.23. The summed E-state index contributed by atoms with van der Waals surface area (Å²) in [6.07, 6.45) is 3.42. The van der Waals surface area contributed by atoms with Crippen LogP contribution in [0.25, 0.3) is 0 Å². The van der Waals surface area contributed by atoms with Gasteiger partial charge in [0.05, 0.1) is 35.1 Å². The topological polar surface area (TPSA) is 84.2 Å². The van der Waals surface area contributed by atoms with Crippen LogP contribution in [0.4, 0.5) is 5.69 Å². The number of carboxylic acids is 1. The minimum absolute atomic E-state index is 0.0159. The Morgan fingerprint density at radius 2 is 1.89 bits per heavy atom. The predicted octanol–water partition coefficient (Wildman–Crippen LogP) is 4.30. The normalized spacial score (nSPS) is 18.6. The molecule has 1 aliphatic rings. The van der Waals surface area contributed by atoms with Gasteiger partial charge in [-0.25, -0.2) is 9.78 Å². The van der Waals surface area contributed by atoms with E-state index in [4.69, 9.17) is 0 Å². The van der Waals surface area contributed by atoms with Gasteiger partial charge in [-0.2, -0.15) is 0 Å². The van der Waals surface area contributed by atoms with E-state index in [0.717, 1.165) is 11.3 Å². The molecule has 28 heavy (non-hydrogen) atoms. The standard InChI is InChI=1S/C22H21N3O3/c1-13(2)25-12-23-11-17(25)19-20(14-7-4-3-5-8-14)24-16-10-6-9-15(22(27)28)18(16)21(19)26/h3-13,19-20,24H,1-2H3,(H,27,28). The number of anilines is 1. The van der Waals surface area contributed by atoms with Crippen molar-refractivity contribution in [3.63, 3.8) is 0 Å². The van der Waals surface area contributed by atoms with E-state index in [-0.39, 0.29) is 29.0 Å². The molecule has 0 radical (unpaired) electrons. The van der Waals surface area contributed by atoms with Gasteiger partial charge in [-0.3, -0.25) is 4.79 Å². The molecule has 6 nitrogen and oxygen atoms in total. The van der Waals surface area contributed by atoms with E-state index in [2.05, 4.69) is 10.3 Å². The van der Waals surface area contributed by atoms with Crippen LogP contribution in [0.1, 0.15) is 63.8 Å². The Morgan fingerprint density at radius 1 is 1.14 bits per heavy atom. The number of imidazole rings is 1. The zero-order valence-electron chi connectivity index (χ0n) is 15.7. The average Bonchev–Trinajstić information content (AvgIpc) is 3.17. The largest absolute Gasteiger partial charge is 0.478 e. The van der Waals surface area contributed by atoms with Crippen LogP contribution in [0.3, 0.4) is 0 Å². The lowest BCUT2D eigenvalue weighted by molar-refractivity contribution is 0.0690. The highest BCUT2D eigenvalue weighted by Gasteiger charge is 2.41. The van der Waals surface area contributed by atoms with Crippen LogP contribution < -0.4 is 5.32 Å². The molecule has 0 fully saturated rings. The summed E-state index contributed by atoms with van der Waals surface area (Å²) >= 11 is 0. The number of hydrogen-bond acceptors (Lipinski definition) is 4. The van der Waals surface area contributed by atoms with E-state index in [9.17, 15) is 14.7 Å². The Bertz CT molecular complexity index is 1040. The predicted molar refractivity (Wildman–Crippen MR) is 106 cm³/mol. The second kappa shape index (κ2) is 6.96. The third-order valence-corrected chi connectivity index (χ3v) is 5.20. The summed E-state index contributed by atoms with van der Waals surface area (Å²) in [6, 6.07) is 14.4. The molecule has 142 valence electrons. The molecule has 2 atom stereocenters. The Hall–Kier alpha value is -3.41. The lowest BCUT2D eigenvalue weighted by atomic mass is 9.79. The zero-order chi connectivity index (χ0) is 19.8. The number of carbonyl (C=O) groups excluding carboxylic acids is 1. The van der Waals surface area contributed by atoms with Crippen LogP contribution in [-0.2, 0) is 0 Å². The van der Waals surface area contributed by atoms with Crippen LogP contribution in [0.2, 0.25) is 0 Å². The summed E-state index contributed by atoms with van der Waals surface area (Å²) in [4.78, 5) is 29.7. The van der Waals surface area contributed by atoms with Crippen molar-refractivity contribution in [1.82, 2.24) is 9.55 Å². The first kappa shape index (κ1) is 18.0. The van der Waals surface area contributed by atoms with Crippen LogP contribution >= 0.6 is 0 Å². The number of aromatic nitrogens is 2. The first-order chi connectivity index (χ1) is 13.5. The monoisotopic (exact) mass is 375 g/mol. The molecule has 4 rings (SSSR count). The molecule has 2 unspecified atom stereocenters. The van der Waals surface area contributed by atoms with Crippen molar-refractivity contribution in [2.75, 3.05) is 5.32 Å². The summed E-state index contributed by atoms with van der Waals surface area (Å²) in [6.45, 7) is 4.06. The summed E-state index contributed by atoms with van der Waals surface area (Å²) in [7, 11) is 0. The van der Waals surface area contributed by atoms with E-state index in [1.165, 1.54) is 6.07 Å². The van der Waals surface area contributed by atoms with Gasteiger partial charge >= 0.3 is 5.97 Å². The molecule has 6 heteroatoms. The van der Waals surface area contributed by atoms with Gasteiger partial charge in [0.15, 0.2) is 5.78 Å². The SMILES string of the molecule is CC(C)n1cncc1C1C(=O)c2c(cccc2C(=O)O)NC1c1ccccc1. The molecule has 0 spiro atoms. The van der Waals surface area contributed by atoms with Crippen molar-refractivity contribution < 1.29 is 14.7 Å². The van der Waals surface area contributed by atoms with Crippen molar-refractivity contribution in [3.8, 4) is 0 Å². The van der Waals surface area contributed by atoms with Gasteiger partial charge in [0.2, 0.25) is 0 Å². The second-order valence-electron chi connectivity index (χ2n) is 7.23. The van der Waals surface area contributed by atoms with Crippen LogP contribution in [0.5, 0.6) is 0 Å². The zero-order valence-corrected chi connectivity index (χ0v) is 15.7. The lowest BCUT2D eigenvalue weighted by Crippen LogP contribution is -2.34. The minimum atomic E-state index is -1.11. The number of carboxylic acid groups (broad SMARTS) is 1. The number of carbonyl (C=O) groups is 2. The summed E-state index contributed by atoms with van der Waals surface area (Å²) in [5, 5.41) is 13.0. The van der Waals surface area contributed by atoms with Gasteiger partial charge in [0.25, 0.3) is 0 Å². The summed E-state index contributed by atoms with van der Waals surface area (Å²) in [5.41, 5.74) is 2.52. The van der Waals surface area contributed by atoms with Gasteiger partial charge in [0.1, 0.15) is 0 Å². The van der Waals surface area contributed by atoms with E-state index >= 15 is 0 Å². The van der Waals surface area contributed by atoms with E-state index in [0.29, 0.717) is 5.69 Å². The van der Waals surface area contributed by atoms with Crippen LogP contribution in [0.15, 0.2) is 61.1 Å². The number of aromatic carboxylic acids is 1. The number of nitrogens with zero attached hydrogens (tertiary/aromatic N) is 2. The highest BCUT2D eigenvalue weighted by atomic mass is 16.4. The smallest absolute Gasteiger partial charge is 0.336 e. The number of benzene rings is 2. The van der Waals surface area contributed by atoms with Crippen LogP contribution in [0, 0.1) is 0 Å². The summed E-state index contributed by atoms with van der Waals surface area (Å²) in [5.74, 6) is -1.90. The van der Waals surface area contributed by atoms with Gasteiger partial charge < -0.3 is 15.0 Å². The quantitative estimate of drug-likeness (QED) is 0.710.